The highest BCUT2D eigenvalue weighted by molar-refractivity contribution is 7.92. The predicted octanol–water partition coefficient (Wildman–Crippen LogP) is 24.5. The third-order valence-corrected chi connectivity index (χ3v) is 20.5. The first-order chi connectivity index (χ1) is 64.7. The fourth-order valence-corrected chi connectivity index (χ4v) is 10.5. The van der Waals surface area contributed by atoms with Gasteiger partial charge in [-0.05, 0) is 145 Å². The summed E-state index contributed by atoms with van der Waals surface area (Å²) < 4.78 is 28.9. The Balaban J connectivity index is -0.000000175. The number of nitrogens with zero attached hydrogens (tertiary/aromatic N) is 3. The van der Waals surface area contributed by atoms with E-state index >= 15 is 0 Å². The summed E-state index contributed by atoms with van der Waals surface area (Å²) in [5.74, 6) is 6.27. The molecule has 0 aromatic heterocycles. The van der Waals surface area contributed by atoms with Gasteiger partial charge in [-0.25, -0.2) is 12.7 Å². The maximum atomic E-state index is 11.7. The van der Waals surface area contributed by atoms with Crippen LogP contribution in [-0.2, 0) is 101 Å². The van der Waals surface area contributed by atoms with Gasteiger partial charge in [0.05, 0.1) is 25.8 Å². The number of amides is 3. The van der Waals surface area contributed by atoms with E-state index < -0.39 is 26.3 Å². The van der Waals surface area contributed by atoms with Gasteiger partial charge in [0, 0.05) is 178 Å². The topological polar surface area (TPSA) is 372 Å². The Kier molecular flexibility index (Phi) is 80.8. The van der Waals surface area contributed by atoms with E-state index in [0.29, 0.717) is 70.6 Å². The molecule has 0 aliphatic rings. The summed E-state index contributed by atoms with van der Waals surface area (Å²) in [4.78, 5) is 207. The van der Waals surface area contributed by atoms with Crippen LogP contribution in [0.3, 0.4) is 0 Å². The first-order valence-electron chi connectivity index (χ1n) is 50.4. The van der Waals surface area contributed by atoms with Crippen LogP contribution in [0.4, 0.5) is 0 Å². The van der Waals surface area contributed by atoms with Crippen molar-refractivity contribution in [1.82, 2.24) is 19.4 Å². The van der Waals surface area contributed by atoms with Crippen molar-refractivity contribution in [2.24, 2.45) is 70.9 Å². The average molecular weight is 2060 g/mol. The second kappa shape index (κ2) is 75.3. The van der Waals surface area contributed by atoms with Crippen molar-refractivity contribution in [3.8, 4) is 11.8 Å². The minimum atomic E-state index is -3.23. The van der Waals surface area contributed by atoms with Gasteiger partial charge in [-0.3, -0.25) is 86.3 Å². The maximum Gasteiger partial charge on any atom is 0.246 e. The molecule has 832 valence electrons. The summed E-state index contributed by atoms with van der Waals surface area (Å²) in [5, 5.41) is 3.35. The van der Waals surface area contributed by atoms with E-state index in [1.165, 1.54) is 33.5 Å². The number of hydrogen-bond donors (Lipinski definition) is 1. The molecule has 145 heavy (non-hydrogen) atoms. The van der Waals surface area contributed by atoms with Crippen LogP contribution in [-0.4, -0.2) is 187 Å². The summed E-state index contributed by atoms with van der Waals surface area (Å²) in [7, 11) is 1.70. The molecule has 0 aromatic rings. The van der Waals surface area contributed by atoms with E-state index in [1.54, 1.807) is 63.3 Å². The Bertz CT molecular complexity index is 4450. The molecule has 0 aliphatic carbocycles. The van der Waals surface area contributed by atoms with Crippen LogP contribution in [0.1, 0.15) is 400 Å². The van der Waals surface area contributed by atoms with E-state index in [2.05, 4.69) is 85.0 Å². The van der Waals surface area contributed by atoms with Gasteiger partial charge in [0.2, 0.25) is 33.5 Å². The number of unbranched alkanes of at least 4 members (excludes halogenated alkanes) is 1. The minimum Gasteiger partial charge on any atom is -0.375 e. The summed E-state index contributed by atoms with van der Waals surface area (Å²) in [6.45, 7) is 97.8. The Hall–Kier alpha value is -9.45. The average Bonchev–Trinajstić information content (AvgIpc) is 0.859. The third-order valence-electron chi connectivity index (χ3n) is 19.1. The molecule has 3 amide bonds. The molecule has 0 spiro atoms. The number of nitrogens with one attached hydrogen (secondary N) is 1. The monoisotopic (exact) mass is 2060 g/mol. The molecule has 0 atom stereocenters. The molecule has 0 saturated heterocycles. The number of rotatable bonds is 43. The Labute approximate surface area is 881 Å². The van der Waals surface area contributed by atoms with Crippen LogP contribution in [0.15, 0.2) is 110 Å². The standard InChI is InChI=1S/C15H24O3.C14H24O3.C13H23NO2.C13H22O2.C12H19NO3.C12H20O2.C11H20O.C11H18O.C10H17NO2.C8H17NO2S/c1-11(2)10-13(17)7-6-12(16)8-9-14(18)15(3,4)5;1-11(2)17-10-6-7-12(15)8-9-13(16)14(3,4)5;1-6-7-11(15)8-9-12(16)14(5)10-13(2,3)4;1-10(2)6-7-11(14)8-9-12(15)13(3,4)5;1-5-11(16)13-8-9(14)6-7-10(15)12(2,3)4;1-5-10(13)8-6-7-9-11(14)12(2,3)4;2*1-10(2,3)8-7-9(12)11(4,5)6;1-6-9(13)11(5)7-8(12)10(2,3)4;1-6-12(10,11)9(5)7-8(2,3)4/h10H,6-9H2,1-5H3;6-7,11H,8-10H2,1-5H3;6-7H,8-10H2,1-5H3;6-7,10H,8-9H2,1-5H3;5H,1,6-8H2,2-4H3,(H,13,16);5H,1,6-9H2,2-4H3;7-8H,1-6H3;1-6H3;6H,1,7H2,2-5H3;6H,1,7H2,2-5H3/b;3*7-6+;;;8-7+;;;. The van der Waals surface area contributed by atoms with Crippen LogP contribution in [0.5, 0.6) is 0 Å². The SMILES string of the molecule is C/C=C/C(=O)CCC(=O)N(C)CC(C)(C)C.C=CC(=O)CCCCC(=O)C(C)(C)C.C=CC(=O)N(C)CC(=O)C(C)(C)C.C=CC(=O)NCC(=O)CCC(=O)C(C)(C)C.C=CS(=O)(=O)N(C)CC(C)(C)C.CC(C)(C)/C=C/C(=O)C(C)(C)C.CC(C)(C)C#CC(=O)C(C)(C)C.CC(C)/C=C/C(=O)CCC(=O)C(C)(C)C.CC(C)=CC(=O)CCC(=O)CCC(=O)C(C)(C)C.CC(C)OC/C=C/C(=O)CCC(=O)C(C)(C)C. The summed E-state index contributed by atoms with van der Waals surface area (Å²) in [5.41, 5.74) is -1.69. The molecule has 25 nitrogen and oxygen atoms in total. The fourth-order valence-electron chi connectivity index (χ4n) is 9.63. The van der Waals surface area contributed by atoms with Crippen molar-refractivity contribution in [3.63, 3.8) is 0 Å². The number of carbonyl (C=O) groups is 18. The number of likely N-dealkylation sites (N-methyl/N-ethyl adjacent to an activating group) is 1. The Morgan fingerprint density at radius 3 is 1.10 bits per heavy atom. The third kappa shape index (κ3) is 107. The molecule has 0 radical (unpaired) electrons. The van der Waals surface area contributed by atoms with Crippen molar-refractivity contribution in [1.29, 1.82) is 0 Å². The highest BCUT2D eigenvalue weighted by atomic mass is 32.2. The van der Waals surface area contributed by atoms with E-state index in [9.17, 15) is 94.7 Å². The van der Waals surface area contributed by atoms with Crippen molar-refractivity contribution < 1.29 is 99.5 Å². The van der Waals surface area contributed by atoms with Gasteiger partial charge in [0.15, 0.2) is 46.3 Å². The van der Waals surface area contributed by atoms with E-state index in [4.69, 9.17) is 4.74 Å². The van der Waals surface area contributed by atoms with Crippen LogP contribution >= 0.6 is 0 Å². The van der Waals surface area contributed by atoms with Crippen LogP contribution in [0, 0.1) is 82.7 Å². The molecular weight excluding hydrogens is 1850 g/mol. The normalized spacial score (nSPS) is 11.8. The smallest absolute Gasteiger partial charge is 0.246 e. The Morgan fingerprint density at radius 1 is 0.393 bits per heavy atom. The number of sulfonamides is 1. The number of Topliss-reactive ketones (excluding diaryl/α,β-unsaturated/α-hetero) is 9. The quantitative estimate of drug-likeness (QED) is 0.0256. The molecule has 26 heteroatoms. The minimum absolute atomic E-state index is 0.0110. The fraction of sp³-hybridized carbons (Fsp3) is 0.681. The van der Waals surface area contributed by atoms with Crippen LogP contribution < -0.4 is 5.32 Å². The molecule has 1 N–H and O–H groups in total. The zero-order chi connectivity index (χ0) is 117. The number of carbonyl (C=O) groups excluding carboxylic acids is 18. The van der Waals surface area contributed by atoms with Gasteiger partial charge >= 0.3 is 0 Å². The van der Waals surface area contributed by atoms with Crippen molar-refractivity contribution >= 4 is 114 Å². The highest BCUT2D eigenvalue weighted by Gasteiger charge is 2.29. The van der Waals surface area contributed by atoms with E-state index in [1.807, 2.05) is 261 Å². The first kappa shape index (κ1) is 156. The molecular formula is C119H204N4O21S. The van der Waals surface area contributed by atoms with Gasteiger partial charge in [0.25, 0.3) is 0 Å². The molecule has 0 fully saturated rings. The second-order valence-electron chi connectivity index (χ2n) is 49.5. The lowest BCUT2D eigenvalue weighted by atomic mass is 9.87. The summed E-state index contributed by atoms with van der Waals surface area (Å²) >= 11 is 0. The summed E-state index contributed by atoms with van der Waals surface area (Å²) in [6, 6.07) is 0. The van der Waals surface area contributed by atoms with Crippen molar-refractivity contribution in [3.05, 3.63) is 110 Å². The van der Waals surface area contributed by atoms with Gasteiger partial charge in [-0.2, -0.15) is 0 Å². The van der Waals surface area contributed by atoms with Gasteiger partial charge in [-0.1, -0.05) is 304 Å². The number of ether oxygens (including phenoxy) is 1. The number of ketones is 15. The zero-order valence-corrected chi connectivity index (χ0v) is 100. The Morgan fingerprint density at radius 2 is 0.766 bits per heavy atom. The van der Waals surface area contributed by atoms with Gasteiger partial charge in [-0.15, -0.1) is 0 Å². The van der Waals surface area contributed by atoms with Gasteiger partial charge in [0.1, 0.15) is 34.7 Å². The van der Waals surface area contributed by atoms with Crippen molar-refractivity contribution in [2.75, 3.05) is 53.9 Å². The van der Waals surface area contributed by atoms with E-state index in [-0.39, 0.29) is 217 Å². The zero-order valence-electron chi connectivity index (χ0n) is 99.7. The van der Waals surface area contributed by atoms with Crippen LogP contribution in [0.25, 0.3) is 0 Å². The van der Waals surface area contributed by atoms with E-state index in [0.717, 1.165) is 29.9 Å². The summed E-state index contributed by atoms with van der Waals surface area (Å²) in [6.07, 6.45) is 24.8. The molecule has 0 bridgehead atoms. The molecule has 0 saturated carbocycles. The molecule has 0 aromatic carbocycles. The molecule has 0 heterocycles. The predicted molar refractivity (Wildman–Crippen MR) is 598 cm³/mol. The van der Waals surface area contributed by atoms with Crippen LogP contribution in [0.2, 0.25) is 0 Å². The molecule has 0 rings (SSSR count). The largest absolute Gasteiger partial charge is 0.375 e. The van der Waals surface area contributed by atoms with Crippen molar-refractivity contribution in [2.45, 2.75) is 407 Å². The maximum absolute atomic E-state index is 11.7. The van der Waals surface area contributed by atoms with Gasteiger partial charge < -0.3 is 19.9 Å². The first-order valence-corrected chi connectivity index (χ1v) is 51.9. The number of allylic oxidation sites excluding steroid dienone is 10. The number of hydrogen-bond acceptors (Lipinski definition) is 21. The molecule has 0 unspecified atom stereocenters. The second-order valence-corrected chi connectivity index (χ2v) is 51.5. The highest BCUT2D eigenvalue weighted by Crippen LogP contribution is 2.26. The lowest BCUT2D eigenvalue weighted by Crippen LogP contribution is -2.36. The lowest BCUT2D eigenvalue weighted by molar-refractivity contribution is -0.133. The lowest BCUT2D eigenvalue weighted by Gasteiger charge is -2.26. The molecule has 0 aliphatic heterocycles.